The molecular formula is C9H15N3. The van der Waals surface area contributed by atoms with Gasteiger partial charge in [0.2, 0.25) is 0 Å². The number of hydrogen-bond acceptors (Lipinski definition) is 3. The van der Waals surface area contributed by atoms with Crippen molar-refractivity contribution in [2.45, 2.75) is 13.8 Å². The average Bonchev–Trinajstić information content (AvgIpc) is 2.05. The predicted molar refractivity (Wildman–Crippen MR) is 53.1 cm³/mol. The maximum Gasteiger partial charge on any atom is 0.0792 e. The maximum atomic E-state index is 7.27. The maximum absolute atomic E-state index is 7.27. The lowest BCUT2D eigenvalue weighted by Gasteiger charge is -2.08. The van der Waals surface area contributed by atoms with E-state index in [0.29, 0.717) is 11.4 Å². The Labute approximate surface area is 73.0 Å². The van der Waals surface area contributed by atoms with Gasteiger partial charge in [0.05, 0.1) is 11.4 Å². The second kappa shape index (κ2) is 4.62. The predicted octanol–water partition coefficient (Wildman–Crippen LogP) is 1.51. The zero-order chi connectivity index (χ0) is 9.72. The minimum atomic E-state index is 0.308. The Morgan fingerprint density at radius 1 is 0.917 bits per heavy atom. The van der Waals surface area contributed by atoms with Gasteiger partial charge in [-0.1, -0.05) is 0 Å². The van der Waals surface area contributed by atoms with Crippen molar-refractivity contribution in [3.63, 3.8) is 0 Å². The minimum Gasteiger partial charge on any atom is -0.333 e. The first-order valence-corrected chi connectivity index (χ1v) is 3.73. The van der Waals surface area contributed by atoms with Crippen LogP contribution in [0.3, 0.4) is 0 Å². The van der Waals surface area contributed by atoms with Gasteiger partial charge < -0.3 is 5.73 Å². The highest BCUT2D eigenvalue weighted by Gasteiger charge is 2.07. The van der Waals surface area contributed by atoms with Crippen LogP contribution in [0.4, 0.5) is 0 Å². The first-order valence-electron chi connectivity index (χ1n) is 3.73. The Hall–Kier alpha value is -1.22. The Balaban J connectivity index is 0.000000561. The summed E-state index contributed by atoms with van der Waals surface area (Å²) in [5.74, 6) is 0. The van der Waals surface area contributed by atoms with E-state index in [0.717, 1.165) is 11.1 Å². The van der Waals surface area contributed by atoms with Gasteiger partial charge in [-0.3, -0.25) is 10.8 Å². The Morgan fingerprint density at radius 2 is 1.17 bits per heavy atom. The number of hydrogen-bond donors (Lipinski definition) is 3. The Bertz CT molecular complexity index is 231. The van der Waals surface area contributed by atoms with Gasteiger partial charge >= 0.3 is 0 Å². The van der Waals surface area contributed by atoms with Crippen molar-refractivity contribution >= 4 is 11.4 Å². The lowest BCUT2D eigenvalue weighted by Crippen LogP contribution is -2.11. The monoisotopic (exact) mass is 165 g/mol. The van der Waals surface area contributed by atoms with E-state index in [9.17, 15) is 0 Å². The molecule has 12 heavy (non-hydrogen) atoms. The summed E-state index contributed by atoms with van der Waals surface area (Å²) in [7, 11) is 1.50. The number of rotatable bonds is 0. The summed E-state index contributed by atoms with van der Waals surface area (Å²) in [5, 5.41) is 14.5. The van der Waals surface area contributed by atoms with E-state index in [1.807, 2.05) is 13.8 Å². The normalized spacial score (nSPS) is 16.0. The highest BCUT2D eigenvalue weighted by Crippen LogP contribution is 2.12. The molecule has 0 aliphatic heterocycles. The van der Waals surface area contributed by atoms with Crippen molar-refractivity contribution < 1.29 is 0 Å². The molecule has 0 bridgehead atoms. The number of nitrogens with two attached hydrogens (primary N) is 1. The number of allylic oxidation sites excluding steroid dienone is 4. The van der Waals surface area contributed by atoms with Crippen LogP contribution in [-0.2, 0) is 0 Å². The van der Waals surface area contributed by atoms with Crippen LogP contribution in [0.5, 0.6) is 0 Å². The molecule has 0 saturated heterocycles. The second-order valence-corrected chi connectivity index (χ2v) is 2.48. The van der Waals surface area contributed by atoms with E-state index in [2.05, 4.69) is 5.73 Å². The molecule has 0 aromatic carbocycles. The van der Waals surface area contributed by atoms with Crippen LogP contribution in [0.2, 0.25) is 0 Å². The summed E-state index contributed by atoms with van der Waals surface area (Å²) in [6.07, 6.45) is 3.44. The molecule has 0 fully saturated rings. The lowest BCUT2D eigenvalue weighted by atomic mass is 9.98. The van der Waals surface area contributed by atoms with Crippen molar-refractivity contribution in [3.8, 4) is 0 Å². The van der Waals surface area contributed by atoms with E-state index >= 15 is 0 Å². The summed E-state index contributed by atoms with van der Waals surface area (Å²) >= 11 is 0. The fraction of sp³-hybridized carbons (Fsp3) is 0.333. The summed E-state index contributed by atoms with van der Waals surface area (Å²) in [6.45, 7) is 3.90. The van der Waals surface area contributed by atoms with Crippen molar-refractivity contribution in [2.24, 2.45) is 5.73 Å². The van der Waals surface area contributed by atoms with E-state index in [4.69, 9.17) is 10.8 Å². The minimum absolute atomic E-state index is 0.308. The summed E-state index contributed by atoms with van der Waals surface area (Å²) in [5.41, 5.74) is 7.29. The van der Waals surface area contributed by atoms with E-state index in [1.165, 1.54) is 7.05 Å². The Kier molecular flexibility index (Phi) is 4.15. The zero-order valence-corrected chi connectivity index (χ0v) is 7.73. The molecule has 3 nitrogen and oxygen atoms in total. The van der Waals surface area contributed by atoms with Crippen molar-refractivity contribution in [1.29, 1.82) is 10.8 Å². The van der Waals surface area contributed by atoms with E-state index < -0.39 is 0 Å². The Morgan fingerprint density at radius 3 is 1.42 bits per heavy atom. The van der Waals surface area contributed by atoms with E-state index in [-0.39, 0.29) is 0 Å². The quantitative estimate of drug-likeness (QED) is 0.467. The van der Waals surface area contributed by atoms with Crippen LogP contribution in [0.1, 0.15) is 13.8 Å². The van der Waals surface area contributed by atoms with E-state index in [1.54, 1.807) is 12.2 Å². The third-order valence-corrected chi connectivity index (χ3v) is 1.63. The highest BCUT2D eigenvalue weighted by atomic mass is 14.5. The molecule has 1 aliphatic carbocycles. The van der Waals surface area contributed by atoms with Gasteiger partial charge in [0.1, 0.15) is 0 Å². The molecule has 0 heterocycles. The van der Waals surface area contributed by atoms with Crippen LogP contribution in [0.25, 0.3) is 0 Å². The van der Waals surface area contributed by atoms with Crippen LogP contribution in [0.15, 0.2) is 23.3 Å². The van der Waals surface area contributed by atoms with Gasteiger partial charge in [0, 0.05) is 0 Å². The molecular weight excluding hydrogens is 150 g/mol. The van der Waals surface area contributed by atoms with Crippen LogP contribution >= 0.6 is 0 Å². The highest BCUT2D eigenvalue weighted by molar-refractivity contribution is 6.49. The molecule has 3 heteroatoms. The van der Waals surface area contributed by atoms with Crippen LogP contribution in [-0.4, -0.2) is 18.5 Å². The van der Waals surface area contributed by atoms with Gasteiger partial charge in [-0.15, -0.1) is 0 Å². The van der Waals surface area contributed by atoms with Crippen LogP contribution < -0.4 is 5.73 Å². The summed E-state index contributed by atoms with van der Waals surface area (Å²) in [4.78, 5) is 0. The van der Waals surface area contributed by atoms with Gasteiger partial charge in [0.25, 0.3) is 0 Å². The average molecular weight is 165 g/mol. The molecule has 4 N–H and O–H groups in total. The molecule has 0 amide bonds. The topological polar surface area (TPSA) is 73.7 Å². The molecule has 0 aromatic rings. The molecule has 0 radical (unpaired) electrons. The van der Waals surface area contributed by atoms with Gasteiger partial charge in [-0.05, 0) is 44.2 Å². The summed E-state index contributed by atoms with van der Waals surface area (Å²) in [6, 6.07) is 0. The SMILES string of the molecule is CC1=CC(=N)C(=N)C=C1C.CN. The van der Waals surface area contributed by atoms with Crippen molar-refractivity contribution in [2.75, 3.05) is 7.05 Å². The smallest absolute Gasteiger partial charge is 0.0792 e. The molecule has 0 spiro atoms. The molecule has 0 atom stereocenters. The first-order chi connectivity index (χ1) is 5.61. The largest absolute Gasteiger partial charge is 0.333 e. The number of nitrogens with one attached hydrogen (secondary N) is 2. The zero-order valence-electron chi connectivity index (χ0n) is 7.73. The molecule has 0 saturated carbocycles. The van der Waals surface area contributed by atoms with Gasteiger partial charge in [0.15, 0.2) is 0 Å². The van der Waals surface area contributed by atoms with Crippen LogP contribution in [0, 0.1) is 10.8 Å². The lowest BCUT2D eigenvalue weighted by molar-refractivity contribution is 1.33. The molecule has 0 aromatic heterocycles. The third-order valence-electron chi connectivity index (χ3n) is 1.63. The van der Waals surface area contributed by atoms with Crippen molar-refractivity contribution in [3.05, 3.63) is 23.3 Å². The second-order valence-electron chi connectivity index (χ2n) is 2.48. The van der Waals surface area contributed by atoms with Crippen molar-refractivity contribution in [1.82, 2.24) is 0 Å². The standard InChI is InChI=1S/C8H10N2.CH5N/c1-5-3-7(9)8(10)4-6(5)2;1-2/h3-4,9-10H,1-2H3;2H2,1H3. The van der Waals surface area contributed by atoms with Gasteiger partial charge in [-0.2, -0.15) is 0 Å². The third kappa shape index (κ3) is 2.43. The molecule has 0 unspecified atom stereocenters. The fourth-order valence-corrected chi connectivity index (χ4v) is 0.816. The molecule has 66 valence electrons. The molecule has 1 aliphatic rings. The first kappa shape index (κ1) is 10.8. The van der Waals surface area contributed by atoms with Gasteiger partial charge in [-0.25, -0.2) is 0 Å². The molecule has 1 rings (SSSR count). The fourth-order valence-electron chi connectivity index (χ4n) is 0.816. The summed E-state index contributed by atoms with van der Waals surface area (Å²) < 4.78 is 0.